The molecule has 3 nitrogen and oxygen atoms in total. The number of hydrogen-bond acceptors (Lipinski definition) is 2. The van der Waals surface area contributed by atoms with Crippen LogP contribution in [0.5, 0.6) is 0 Å². The molecule has 0 saturated carbocycles. The van der Waals surface area contributed by atoms with Crippen LogP contribution in [0.3, 0.4) is 0 Å². The molecule has 0 saturated heterocycles. The van der Waals surface area contributed by atoms with Crippen molar-refractivity contribution in [3.63, 3.8) is 0 Å². The molecule has 0 spiro atoms. The lowest BCUT2D eigenvalue weighted by Gasteiger charge is -2.40. The van der Waals surface area contributed by atoms with Crippen LogP contribution in [0, 0.1) is 0 Å². The fraction of sp³-hybridized carbons (Fsp3) is 0.762. The van der Waals surface area contributed by atoms with Crippen molar-refractivity contribution in [2.45, 2.75) is 182 Å². The minimum absolute atomic E-state index is 0.508. The predicted octanol–water partition coefficient (Wildman–Crippen LogP) is 12.4. The van der Waals surface area contributed by atoms with Gasteiger partial charge in [0.25, 0.3) is 0 Å². The van der Waals surface area contributed by atoms with E-state index in [1.807, 2.05) is 30.3 Å². The molecular weight excluding hydrogens is 581 g/mol. The van der Waals surface area contributed by atoms with E-state index in [1.54, 1.807) is 12.1 Å². The summed E-state index contributed by atoms with van der Waals surface area (Å²) in [5.74, 6) is 0. The smallest absolute Gasteiger partial charge is 0.0786 e. The van der Waals surface area contributed by atoms with E-state index >= 15 is 0 Å². The fourth-order valence-corrected chi connectivity index (χ4v) is 7.58. The topological polar surface area (TPSA) is 43.3 Å². The van der Waals surface area contributed by atoms with Crippen LogP contribution in [0.4, 0.5) is 0 Å². The Hall–Kier alpha value is -0.990. The lowest BCUT2D eigenvalue weighted by Crippen LogP contribution is -2.50. The third kappa shape index (κ3) is 21.1. The highest BCUT2D eigenvalue weighted by molar-refractivity contribution is 7.53. The van der Waals surface area contributed by atoms with Crippen molar-refractivity contribution in [2.75, 3.05) is 26.2 Å². The van der Waals surface area contributed by atoms with Crippen molar-refractivity contribution in [2.24, 2.45) is 0 Å². The lowest BCUT2D eigenvalue weighted by molar-refractivity contribution is -0.929. The van der Waals surface area contributed by atoms with Crippen LogP contribution in [0.25, 0.3) is 10.8 Å². The number of unbranched alkanes of at least 4 members (excludes halogenated alkanes) is 20. The number of fused-ring (bicyclic) bond motifs is 1. The average Bonchev–Trinajstić information content (AvgIpc) is 3.07. The summed E-state index contributed by atoms with van der Waals surface area (Å²) in [4.78, 5) is 20.0. The van der Waals surface area contributed by atoms with Gasteiger partial charge in [0, 0.05) is 0 Å². The highest BCUT2D eigenvalue weighted by Crippen LogP contribution is 2.24. The molecule has 0 aliphatic carbocycles. The highest BCUT2D eigenvalue weighted by Gasteiger charge is 2.25. The van der Waals surface area contributed by atoms with Gasteiger partial charge >= 0.3 is 0 Å². The normalized spacial score (nSPS) is 12.3. The minimum Gasteiger partial charge on any atom is -0.805 e. The molecule has 266 valence electrons. The second-order valence-corrected chi connectivity index (χ2v) is 15.1. The van der Waals surface area contributed by atoms with Gasteiger partial charge in [-0.25, -0.2) is 0 Å². The summed E-state index contributed by atoms with van der Waals surface area (Å²) in [5, 5.41) is 2.36. The molecule has 0 aliphatic rings. The van der Waals surface area contributed by atoms with E-state index in [2.05, 4.69) is 27.7 Å². The van der Waals surface area contributed by atoms with Gasteiger partial charge < -0.3 is 14.3 Å². The van der Waals surface area contributed by atoms with Crippen molar-refractivity contribution in [1.82, 2.24) is 0 Å². The van der Waals surface area contributed by atoms with E-state index in [9.17, 15) is 4.89 Å². The van der Waals surface area contributed by atoms with Gasteiger partial charge in [-0.2, -0.15) is 0 Å². The van der Waals surface area contributed by atoms with Crippen molar-refractivity contribution < 1.29 is 14.3 Å². The summed E-state index contributed by atoms with van der Waals surface area (Å²) in [6.07, 6.45) is 34.8. The van der Waals surface area contributed by atoms with Gasteiger partial charge in [-0.1, -0.05) is 173 Å². The molecule has 0 amide bonds. The van der Waals surface area contributed by atoms with Gasteiger partial charge in [0.2, 0.25) is 0 Å². The van der Waals surface area contributed by atoms with Gasteiger partial charge in [-0.05, 0) is 75.8 Å². The molecule has 1 N–H and O–H groups in total. The first-order valence-electron chi connectivity index (χ1n) is 20.0. The van der Waals surface area contributed by atoms with Crippen LogP contribution in [0.15, 0.2) is 42.5 Å². The third-order valence-electron chi connectivity index (χ3n) is 9.92. The third-order valence-corrected chi connectivity index (χ3v) is 10.7. The molecule has 1 unspecified atom stereocenters. The molecule has 2 aromatic carbocycles. The number of nitrogens with zero attached hydrogens (tertiary/aromatic N) is 1. The molecule has 0 aromatic heterocycles. The van der Waals surface area contributed by atoms with E-state index in [4.69, 9.17) is 4.89 Å². The largest absolute Gasteiger partial charge is 0.805 e. The summed E-state index contributed by atoms with van der Waals surface area (Å²) in [6, 6.07) is 13.0. The molecule has 4 heteroatoms. The van der Waals surface area contributed by atoms with Gasteiger partial charge in [0.15, 0.2) is 0 Å². The number of quaternary nitrogens is 1. The first kappa shape index (κ1) is 43.0. The predicted molar refractivity (Wildman–Crippen MR) is 206 cm³/mol. The molecule has 0 radical (unpaired) electrons. The molecule has 2 rings (SSSR count). The van der Waals surface area contributed by atoms with Crippen LogP contribution in [0.1, 0.15) is 182 Å². The second kappa shape index (κ2) is 30.1. The van der Waals surface area contributed by atoms with E-state index in [1.165, 1.54) is 185 Å². The Morgan fingerprint density at radius 1 is 0.457 bits per heavy atom. The summed E-state index contributed by atoms with van der Waals surface area (Å²) < 4.78 is 1.48. The second-order valence-electron chi connectivity index (χ2n) is 14.1. The van der Waals surface area contributed by atoms with E-state index in [0.29, 0.717) is 5.30 Å². The molecule has 0 aliphatic heterocycles. The van der Waals surface area contributed by atoms with E-state index in [-0.39, 0.29) is 0 Å². The van der Waals surface area contributed by atoms with Crippen LogP contribution in [0.2, 0.25) is 0 Å². The van der Waals surface area contributed by atoms with Gasteiger partial charge in [0.1, 0.15) is 0 Å². The van der Waals surface area contributed by atoms with Crippen LogP contribution >= 0.6 is 8.38 Å². The summed E-state index contributed by atoms with van der Waals surface area (Å²) in [5.41, 5.74) is 0. The van der Waals surface area contributed by atoms with Crippen LogP contribution in [-0.2, 0) is 0 Å². The Labute approximate surface area is 288 Å². The molecule has 0 fully saturated rings. The maximum Gasteiger partial charge on any atom is 0.0786 e. The minimum atomic E-state index is -2.25. The number of rotatable bonds is 29. The Kier molecular flexibility index (Phi) is 28.2. The Balaban J connectivity index is 0.000000664. The zero-order valence-corrected chi connectivity index (χ0v) is 32.0. The highest BCUT2D eigenvalue weighted by atomic mass is 31.2. The Morgan fingerprint density at radius 3 is 1.15 bits per heavy atom. The SMILES string of the molecule is CCCCCCCC[N+](CCCCCCCC)(CCCCCCCC)CCCCCCCC.[O-]P(O)c1cccc2ccccc12. The standard InChI is InChI=1S/C32H68N.C10H8O2P/c1-5-9-13-17-21-25-29-33(30-26-22-18-14-10-6-2,31-27-23-19-15-11-7-3)32-28-24-20-16-12-8-4;11-13(12)10-7-3-5-8-4-1-2-6-9(8)10/h5-32H2,1-4H3;1-7,11H/q+1;-1. The number of benzene rings is 2. The first-order valence-corrected chi connectivity index (χ1v) is 21.2. The van der Waals surface area contributed by atoms with Crippen molar-refractivity contribution in [1.29, 1.82) is 0 Å². The maximum atomic E-state index is 11.0. The molecule has 2 aromatic rings. The van der Waals surface area contributed by atoms with Crippen LogP contribution < -0.4 is 10.2 Å². The van der Waals surface area contributed by atoms with Crippen molar-refractivity contribution in [3.05, 3.63) is 42.5 Å². The quantitative estimate of drug-likeness (QED) is 0.0537. The van der Waals surface area contributed by atoms with Crippen molar-refractivity contribution >= 4 is 24.5 Å². The average molecular weight is 658 g/mol. The van der Waals surface area contributed by atoms with E-state index in [0.717, 1.165) is 10.8 Å². The Morgan fingerprint density at radius 2 is 0.783 bits per heavy atom. The fourth-order valence-electron chi connectivity index (χ4n) is 6.96. The molecular formula is C42H76NO2P. The number of hydrogen-bond donors (Lipinski definition) is 1. The van der Waals surface area contributed by atoms with Gasteiger partial charge in [0.05, 0.1) is 26.2 Å². The molecule has 46 heavy (non-hydrogen) atoms. The molecule has 0 bridgehead atoms. The zero-order valence-electron chi connectivity index (χ0n) is 31.1. The van der Waals surface area contributed by atoms with Crippen LogP contribution in [-0.4, -0.2) is 35.6 Å². The van der Waals surface area contributed by atoms with Gasteiger partial charge in [-0.15, -0.1) is 0 Å². The first-order chi connectivity index (χ1) is 22.5. The summed E-state index contributed by atoms with van der Waals surface area (Å²) in [6.45, 7) is 15.3. The van der Waals surface area contributed by atoms with Crippen molar-refractivity contribution in [3.8, 4) is 0 Å². The Bertz CT molecular complexity index is 858. The van der Waals surface area contributed by atoms with E-state index < -0.39 is 8.38 Å². The lowest BCUT2D eigenvalue weighted by atomic mass is 10.0. The summed E-state index contributed by atoms with van der Waals surface area (Å²) in [7, 11) is -2.25. The molecule has 0 heterocycles. The van der Waals surface area contributed by atoms with Gasteiger partial charge in [-0.3, -0.25) is 0 Å². The monoisotopic (exact) mass is 658 g/mol. The maximum absolute atomic E-state index is 11.0. The summed E-state index contributed by atoms with van der Waals surface area (Å²) >= 11 is 0. The molecule has 1 atom stereocenters. The zero-order chi connectivity index (χ0) is 33.6.